The molecule has 1 aliphatic heterocycles. The molecule has 3 aromatic rings. The standard InChI is InChI=1S/C21H22N2O2S/c24-26(25,19-13-12-17-8-2-3-9-18(17)16-19)22-20-10-4-5-11-21(20)23-14-6-1-7-15-23/h2-5,8-13,16,22H,1,6-7,14-15H2. The monoisotopic (exact) mass is 366 g/mol. The Labute approximate surface area is 154 Å². The highest BCUT2D eigenvalue weighted by molar-refractivity contribution is 7.92. The highest BCUT2D eigenvalue weighted by Gasteiger charge is 2.19. The number of sulfonamides is 1. The highest BCUT2D eigenvalue weighted by Crippen LogP contribution is 2.30. The average Bonchev–Trinajstić information content (AvgIpc) is 2.68. The minimum Gasteiger partial charge on any atom is -0.370 e. The minimum atomic E-state index is -3.64. The van der Waals surface area contributed by atoms with Crippen molar-refractivity contribution in [2.24, 2.45) is 0 Å². The predicted octanol–water partition coefficient (Wildman–Crippen LogP) is 4.63. The molecule has 0 radical (unpaired) electrons. The summed E-state index contributed by atoms with van der Waals surface area (Å²) in [6.07, 6.45) is 3.53. The molecule has 134 valence electrons. The summed E-state index contributed by atoms with van der Waals surface area (Å²) in [6, 6.07) is 20.6. The number of hydrogen-bond donors (Lipinski definition) is 1. The van der Waals surface area contributed by atoms with Crippen LogP contribution in [0.5, 0.6) is 0 Å². The van der Waals surface area contributed by atoms with Crippen molar-refractivity contribution >= 4 is 32.2 Å². The molecule has 5 heteroatoms. The van der Waals surface area contributed by atoms with Crippen LogP contribution in [0.2, 0.25) is 0 Å². The lowest BCUT2D eigenvalue weighted by molar-refractivity contribution is 0.578. The smallest absolute Gasteiger partial charge is 0.261 e. The number of fused-ring (bicyclic) bond motifs is 1. The molecule has 0 amide bonds. The Kier molecular flexibility index (Phi) is 4.55. The van der Waals surface area contributed by atoms with Crippen molar-refractivity contribution < 1.29 is 8.42 Å². The van der Waals surface area contributed by atoms with Crippen LogP contribution in [-0.2, 0) is 10.0 Å². The maximum Gasteiger partial charge on any atom is 0.261 e. The summed E-state index contributed by atoms with van der Waals surface area (Å²) < 4.78 is 28.7. The van der Waals surface area contributed by atoms with Gasteiger partial charge in [-0.15, -0.1) is 0 Å². The zero-order valence-electron chi connectivity index (χ0n) is 14.6. The number of hydrogen-bond acceptors (Lipinski definition) is 3. The zero-order chi connectivity index (χ0) is 18.0. The van der Waals surface area contributed by atoms with Crippen molar-refractivity contribution in [2.45, 2.75) is 24.2 Å². The molecule has 0 unspecified atom stereocenters. The van der Waals surface area contributed by atoms with Gasteiger partial charge in [-0.3, -0.25) is 4.72 Å². The predicted molar refractivity (Wildman–Crippen MR) is 107 cm³/mol. The maximum absolute atomic E-state index is 13.0. The molecular formula is C21H22N2O2S. The molecule has 0 bridgehead atoms. The fourth-order valence-electron chi connectivity index (χ4n) is 3.51. The number of benzene rings is 3. The van der Waals surface area contributed by atoms with Crippen LogP contribution in [0.3, 0.4) is 0 Å². The zero-order valence-corrected chi connectivity index (χ0v) is 15.4. The van der Waals surface area contributed by atoms with E-state index in [0.717, 1.165) is 42.4 Å². The number of rotatable bonds is 4. The fraction of sp³-hybridized carbons (Fsp3) is 0.238. The third kappa shape index (κ3) is 3.40. The van der Waals surface area contributed by atoms with Gasteiger partial charge in [0.1, 0.15) is 0 Å². The molecule has 4 rings (SSSR count). The van der Waals surface area contributed by atoms with Gasteiger partial charge in [0.15, 0.2) is 0 Å². The van der Waals surface area contributed by atoms with Crippen LogP contribution in [0.25, 0.3) is 10.8 Å². The number of anilines is 2. The van der Waals surface area contributed by atoms with Crippen molar-refractivity contribution in [1.82, 2.24) is 0 Å². The van der Waals surface area contributed by atoms with E-state index in [1.54, 1.807) is 12.1 Å². The van der Waals surface area contributed by atoms with Gasteiger partial charge in [-0.1, -0.05) is 42.5 Å². The van der Waals surface area contributed by atoms with E-state index in [4.69, 9.17) is 0 Å². The van der Waals surface area contributed by atoms with Crippen molar-refractivity contribution in [3.63, 3.8) is 0 Å². The normalized spacial score (nSPS) is 15.2. The van der Waals surface area contributed by atoms with Gasteiger partial charge < -0.3 is 4.90 Å². The van der Waals surface area contributed by atoms with Gasteiger partial charge in [0, 0.05) is 13.1 Å². The molecule has 1 N–H and O–H groups in total. The van der Waals surface area contributed by atoms with Crippen molar-refractivity contribution in [1.29, 1.82) is 0 Å². The Morgan fingerprint density at radius 3 is 2.27 bits per heavy atom. The van der Waals surface area contributed by atoms with E-state index in [0.29, 0.717) is 5.69 Å². The van der Waals surface area contributed by atoms with Gasteiger partial charge in [0.05, 0.1) is 16.3 Å². The van der Waals surface area contributed by atoms with Gasteiger partial charge in [0.2, 0.25) is 0 Å². The number of nitrogens with zero attached hydrogens (tertiary/aromatic N) is 1. The van der Waals surface area contributed by atoms with Gasteiger partial charge in [-0.25, -0.2) is 8.42 Å². The first-order chi connectivity index (χ1) is 12.6. The Morgan fingerprint density at radius 1 is 0.769 bits per heavy atom. The lowest BCUT2D eigenvalue weighted by Gasteiger charge is -2.30. The van der Waals surface area contributed by atoms with E-state index in [9.17, 15) is 8.42 Å². The van der Waals surface area contributed by atoms with E-state index in [-0.39, 0.29) is 4.90 Å². The van der Waals surface area contributed by atoms with E-state index in [1.807, 2.05) is 54.6 Å². The molecule has 1 fully saturated rings. The highest BCUT2D eigenvalue weighted by atomic mass is 32.2. The second-order valence-corrected chi connectivity index (χ2v) is 8.36. The second kappa shape index (κ2) is 7.00. The van der Waals surface area contributed by atoms with Crippen LogP contribution in [-0.4, -0.2) is 21.5 Å². The van der Waals surface area contributed by atoms with Crippen LogP contribution in [0.15, 0.2) is 71.6 Å². The van der Waals surface area contributed by atoms with Gasteiger partial charge in [0.25, 0.3) is 10.0 Å². The average molecular weight is 366 g/mol. The van der Waals surface area contributed by atoms with Crippen LogP contribution in [0, 0.1) is 0 Å². The molecule has 1 heterocycles. The molecule has 4 nitrogen and oxygen atoms in total. The molecule has 0 saturated carbocycles. The first-order valence-electron chi connectivity index (χ1n) is 8.99. The second-order valence-electron chi connectivity index (χ2n) is 6.68. The first kappa shape index (κ1) is 16.9. The minimum absolute atomic E-state index is 0.282. The van der Waals surface area contributed by atoms with E-state index < -0.39 is 10.0 Å². The van der Waals surface area contributed by atoms with E-state index in [2.05, 4.69) is 9.62 Å². The summed E-state index contributed by atoms with van der Waals surface area (Å²) in [7, 11) is -3.64. The van der Waals surface area contributed by atoms with Crippen LogP contribution < -0.4 is 9.62 Å². The Hall–Kier alpha value is -2.53. The summed E-state index contributed by atoms with van der Waals surface area (Å²) in [5.74, 6) is 0. The Balaban J connectivity index is 1.67. The maximum atomic E-state index is 13.0. The fourth-order valence-corrected chi connectivity index (χ4v) is 4.62. The SMILES string of the molecule is O=S(=O)(Nc1ccccc1N1CCCCC1)c1ccc2ccccc2c1. The van der Waals surface area contributed by atoms with Gasteiger partial charge in [-0.2, -0.15) is 0 Å². The largest absolute Gasteiger partial charge is 0.370 e. The number of nitrogens with one attached hydrogen (secondary N) is 1. The third-order valence-corrected chi connectivity index (χ3v) is 6.24. The molecular weight excluding hydrogens is 344 g/mol. The topological polar surface area (TPSA) is 49.4 Å². The lowest BCUT2D eigenvalue weighted by Crippen LogP contribution is -2.30. The quantitative estimate of drug-likeness (QED) is 0.732. The van der Waals surface area contributed by atoms with Crippen LogP contribution in [0.4, 0.5) is 11.4 Å². The summed E-state index contributed by atoms with van der Waals surface area (Å²) in [4.78, 5) is 2.55. The van der Waals surface area contributed by atoms with Crippen molar-refractivity contribution in [2.75, 3.05) is 22.7 Å². The summed E-state index contributed by atoms with van der Waals surface area (Å²) in [6.45, 7) is 1.93. The Bertz CT molecular complexity index is 1020. The molecule has 0 spiro atoms. The number of para-hydroxylation sites is 2. The van der Waals surface area contributed by atoms with Crippen molar-refractivity contribution in [3.8, 4) is 0 Å². The van der Waals surface area contributed by atoms with Crippen LogP contribution in [0.1, 0.15) is 19.3 Å². The lowest BCUT2D eigenvalue weighted by atomic mass is 10.1. The van der Waals surface area contributed by atoms with E-state index >= 15 is 0 Å². The molecule has 1 saturated heterocycles. The van der Waals surface area contributed by atoms with Gasteiger partial charge in [-0.05, 0) is 54.3 Å². The molecule has 3 aromatic carbocycles. The third-order valence-electron chi connectivity index (χ3n) is 4.88. The molecule has 1 aliphatic rings. The first-order valence-corrected chi connectivity index (χ1v) is 10.5. The Morgan fingerprint density at radius 2 is 1.46 bits per heavy atom. The summed E-state index contributed by atoms with van der Waals surface area (Å²) in [5.41, 5.74) is 1.60. The molecule has 26 heavy (non-hydrogen) atoms. The molecule has 0 aliphatic carbocycles. The summed E-state index contributed by atoms with van der Waals surface area (Å²) in [5, 5.41) is 1.94. The number of piperidine rings is 1. The van der Waals surface area contributed by atoms with E-state index in [1.165, 1.54) is 6.42 Å². The molecule has 0 atom stereocenters. The van der Waals surface area contributed by atoms with Crippen LogP contribution >= 0.6 is 0 Å². The van der Waals surface area contributed by atoms with Gasteiger partial charge >= 0.3 is 0 Å². The molecule has 0 aromatic heterocycles. The summed E-state index contributed by atoms with van der Waals surface area (Å²) >= 11 is 0. The van der Waals surface area contributed by atoms with Crippen molar-refractivity contribution in [3.05, 3.63) is 66.7 Å².